The molecule has 27 heavy (non-hydrogen) atoms. The monoisotopic (exact) mass is 385 g/mol. The SMILES string of the molecule is COc1ccccc1-c1csc(COc2ccc(OCC(=O)O)c(C)c2)n1. The number of benzene rings is 2. The van der Waals surface area contributed by atoms with Crippen LogP contribution >= 0.6 is 11.3 Å². The summed E-state index contributed by atoms with van der Waals surface area (Å²) in [5.41, 5.74) is 2.60. The lowest BCUT2D eigenvalue weighted by Gasteiger charge is -2.10. The summed E-state index contributed by atoms with van der Waals surface area (Å²) in [6.45, 7) is 1.81. The largest absolute Gasteiger partial charge is 0.496 e. The molecule has 6 nitrogen and oxygen atoms in total. The Hall–Kier alpha value is -3.06. The van der Waals surface area contributed by atoms with Gasteiger partial charge in [0.2, 0.25) is 0 Å². The molecule has 0 amide bonds. The number of carboxylic acid groups (broad SMARTS) is 1. The summed E-state index contributed by atoms with van der Waals surface area (Å²) in [6.07, 6.45) is 0. The fourth-order valence-corrected chi connectivity index (χ4v) is 3.22. The van der Waals surface area contributed by atoms with Crippen molar-refractivity contribution >= 4 is 17.3 Å². The third-order valence-electron chi connectivity index (χ3n) is 3.79. The number of methoxy groups -OCH3 is 1. The zero-order valence-electron chi connectivity index (χ0n) is 15.0. The number of hydrogen-bond donors (Lipinski definition) is 1. The maximum atomic E-state index is 10.6. The Morgan fingerprint density at radius 3 is 2.70 bits per heavy atom. The predicted octanol–water partition coefficient (Wildman–Crippen LogP) is 4.17. The fraction of sp³-hybridized carbons (Fsp3) is 0.200. The molecule has 0 spiro atoms. The first-order valence-electron chi connectivity index (χ1n) is 8.22. The first kappa shape index (κ1) is 18.7. The van der Waals surface area contributed by atoms with Gasteiger partial charge < -0.3 is 19.3 Å². The van der Waals surface area contributed by atoms with Crippen LogP contribution in [0.25, 0.3) is 11.3 Å². The van der Waals surface area contributed by atoms with E-state index in [2.05, 4.69) is 4.98 Å². The standard InChI is InChI=1S/C20H19NO5S/c1-13-9-14(7-8-17(13)26-11-20(22)23)25-10-19-21-16(12-27-19)15-5-3-4-6-18(15)24-2/h3-9,12H,10-11H2,1-2H3,(H,22,23). The van der Waals surface area contributed by atoms with Gasteiger partial charge in [0.05, 0.1) is 12.8 Å². The van der Waals surface area contributed by atoms with Crippen LogP contribution in [0, 0.1) is 6.92 Å². The molecule has 0 aliphatic carbocycles. The Balaban J connectivity index is 1.65. The molecular formula is C20H19NO5S. The number of aromatic nitrogens is 1. The highest BCUT2D eigenvalue weighted by Crippen LogP contribution is 2.31. The van der Waals surface area contributed by atoms with Crippen LogP contribution in [0.1, 0.15) is 10.6 Å². The lowest BCUT2D eigenvalue weighted by molar-refractivity contribution is -0.139. The number of hydrogen-bond acceptors (Lipinski definition) is 6. The highest BCUT2D eigenvalue weighted by molar-refractivity contribution is 7.09. The topological polar surface area (TPSA) is 77.9 Å². The van der Waals surface area contributed by atoms with Crippen molar-refractivity contribution in [1.29, 1.82) is 0 Å². The van der Waals surface area contributed by atoms with E-state index in [0.717, 1.165) is 27.6 Å². The van der Waals surface area contributed by atoms with Crippen LogP contribution < -0.4 is 14.2 Å². The third-order valence-corrected chi connectivity index (χ3v) is 4.62. The summed E-state index contributed by atoms with van der Waals surface area (Å²) in [7, 11) is 1.64. The van der Waals surface area contributed by atoms with Crippen molar-refractivity contribution in [2.75, 3.05) is 13.7 Å². The molecule has 2 aromatic carbocycles. The maximum absolute atomic E-state index is 10.6. The van der Waals surface area contributed by atoms with Crippen molar-refractivity contribution in [3.8, 4) is 28.5 Å². The molecule has 0 aliphatic heterocycles. The van der Waals surface area contributed by atoms with Crippen LogP contribution in [-0.4, -0.2) is 29.8 Å². The second-order valence-corrected chi connectivity index (χ2v) is 6.67. The number of aliphatic carboxylic acids is 1. The van der Waals surface area contributed by atoms with Crippen LogP contribution in [0.5, 0.6) is 17.2 Å². The number of carbonyl (C=O) groups is 1. The zero-order chi connectivity index (χ0) is 19.2. The van der Waals surface area contributed by atoms with E-state index in [1.807, 2.05) is 42.6 Å². The quantitative estimate of drug-likeness (QED) is 0.627. The number of rotatable bonds is 8. The summed E-state index contributed by atoms with van der Waals surface area (Å²) < 4.78 is 16.4. The minimum atomic E-state index is -1.01. The first-order valence-corrected chi connectivity index (χ1v) is 9.10. The van der Waals surface area contributed by atoms with Gasteiger partial charge in [0, 0.05) is 10.9 Å². The second-order valence-electron chi connectivity index (χ2n) is 5.73. The summed E-state index contributed by atoms with van der Waals surface area (Å²) in [4.78, 5) is 15.2. The van der Waals surface area contributed by atoms with Crippen molar-refractivity contribution < 1.29 is 24.1 Å². The highest BCUT2D eigenvalue weighted by Gasteiger charge is 2.10. The van der Waals surface area contributed by atoms with Gasteiger partial charge in [-0.2, -0.15) is 0 Å². The maximum Gasteiger partial charge on any atom is 0.341 e. The van der Waals surface area contributed by atoms with Gasteiger partial charge in [-0.05, 0) is 42.8 Å². The van der Waals surface area contributed by atoms with E-state index < -0.39 is 5.97 Å². The molecule has 0 saturated carbocycles. The number of carboxylic acids is 1. The highest BCUT2D eigenvalue weighted by atomic mass is 32.1. The molecule has 0 bridgehead atoms. The molecule has 0 aliphatic rings. The minimum absolute atomic E-state index is 0.342. The van der Waals surface area contributed by atoms with Crippen molar-refractivity contribution in [2.24, 2.45) is 0 Å². The van der Waals surface area contributed by atoms with Gasteiger partial charge in [-0.15, -0.1) is 11.3 Å². The lowest BCUT2D eigenvalue weighted by Crippen LogP contribution is -2.10. The fourth-order valence-electron chi connectivity index (χ4n) is 2.52. The van der Waals surface area contributed by atoms with Gasteiger partial charge in [0.1, 0.15) is 28.9 Å². The van der Waals surface area contributed by atoms with Gasteiger partial charge in [-0.1, -0.05) is 12.1 Å². The summed E-state index contributed by atoms with van der Waals surface area (Å²) in [6, 6.07) is 13.0. The Labute approximate surface area is 161 Å². The van der Waals surface area contributed by atoms with Gasteiger partial charge in [-0.25, -0.2) is 9.78 Å². The summed E-state index contributed by atoms with van der Waals surface area (Å²) >= 11 is 1.52. The van der Waals surface area contributed by atoms with Crippen LogP contribution in [0.3, 0.4) is 0 Å². The van der Waals surface area contributed by atoms with E-state index >= 15 is 0 Å². The van der Waals surface area contributed by atoms with Crippen LogP contribution in [0.2, 0.25) is 0 Å². The zero-order valence-corrected chi connectivity index (χ0v) is 15.8. The van der Waals surface area contributed by atoms with Crippen molar-refractivity contribution in [2.45, 2.75) is 13.5 Å². The first-order chi connectivity index (χ1) is 13.1. The van der Waals surface area contributed by atoms with Gasteiger partial charge >= 0.3 is 5.97 Å². The Morgan fingerprint density at radius 1 is 1.15 bits per heavy atom. The molecular weight excluding hydrogens is 366 g/mol. The second kappa shape index (κ2) is 8.55. The number of para-hydroxylation sites is 1. The van der Waals surface area contributed by atoms with E-state index in [4.69, 9.17) is 19.3 Å². The molecule has 1 heterocycles. The molecule has 0 atom stereocenters. The molecule has 0 saturated heterocycles. The third kappa shape index (κ3) is 4.77. The van der Waals surface area contributed by atoms with Crippen molar-refractivity contribution in [3.05, 3.63) is 58.4 Å². The molecule has 0 fully saturated rings. The van der Waals surface area contributed by atoms with Crippen LogP contribution in [0.4, 0.5) is 0 Å². The number of nitrogens with zero attached hydrogens (tertiary/aromatic N) is 1. The van der Waals surface area contributed by atoms with Gasteiger partial charge in [-0.3, -0.25) is 0 Å². The average Bonchev–Trinajstić information content (AvgIpc) is 3.14. The van der Waals surface area contributed by atoms with Crippen molar-refractivity contribution in [3.63, 3.8) is 0 Å². The molecule has 140 valence electrons. The average molecular weight is 385 g/mol. The number of thiazole rings is 1. The summed E-state index contributed by atoms with van der Waals surface area (Å²) in [5.74, 6) is 0.967. The molecule has 3 aromatic rings. The van der Waals surface area contributed by atoms with Crippen molar-refractivity contribution in [1.82, 2.24) is 4.98 Å². The normalized spacial score (nSPS) is 10.4. The van der Waals surface area contributed by atoms with E-state index in [-0.39, 0.29) is 6.61 Å². The van der Waals surface area contributed by atoms with Gasteiger partial charge in [0.15, 0.2) is 6.61 Å². The Bertz CT molecular complexity index is 938. The van der Waals surface area contributed by atoms with E-state index in [1.54, 1.807) is 19.2 Å². The lowest BCUT2D eigenvalue weighted by atomic mass is 10.1. The Kier molecular flexibility index (Phi) is 5.93. The van der Waals surface area contributed by atoms with E-state index in [1.165, 1.54) is 11.3 Å². The molecule has 3 rings (SSSR count). The predicted molar refractivity (Wildman–Crippen MR) is 103 cm³/mol. The van der Waals surface area contributed by atoms with E-state index in [0.29, 0.717) is 18.1 Å². The van der Waals surface area contributed by atoms with Gasteiger partial charge in [0.25, 0.3) is 0 Å². The molecule has 1 N–H and O–H groups in total. The molecule has 0 unspecified atom stereocenters. The Morgan fingerprint density at radius 2 is 1.96 bits per heavy atom. The van der Waals surface area contributed by atoms with E-state index in [9.17, 15) is 4.79 Å². The number of ether oxygens (including phenoxy) is 3. The van der Waals surface area contributed by atoms with Crippen LogP contribution in [-0.2, 0) is 11.4 Å². The molecule has 7 heteroatoms. The number of aryl methyl sites for hydroxylation is 1. The molecule has 0 radical (unpaired) electrons. The smallest absolute Gasteiger partial charge is 0.341 e. The molecule has 1 aromatic heterocycles. The summed E-state index contributed by atoms with van der Waals surface area (Å²) in [5, 5.41) is 11.5. The minimum Gasteiger partial charge on any atom is -0.496 e. The van der Waals surface area contributed by atoms with Crippen LogP contribution in [0.15, 0.2) is 47.8 Å².